The fraction of sp³-hybridized carbons (Fsp3) is 0.182. The Morgan fingerprint density at radius 3 is 2.94 bits per heavy atom. The lowest BCUT2D eigenvalue weighted by Gasteiger charge is -2.03. The van der Waals surface area contributed by atoms with Crippen LogP contribution in [0.1, 0.15) is 5.69 Å². The molecule has 0 aliphatic rings. The minimum Gasteiger partial charge on any atom is -0.295 e. The van der Waals surface area contributed by atoms with Gasteiger partial charge in [0.25, 0.3) is 0 Å². The summed E-state index contributed by atoms with van der Waals surface area (Å²) in [5.74, 6) is 0. The number of aryl methyl sites for hydroxylation is 1. The second kappa shape index (κ2) is 3.89. The number of aromatic amines is 1. The fourth-order valence-electron chi connectivity index (χ4n) is 1.82. The number of fused-ring (bicyclic) bond motifs is 1. The Hall–Kier alpha value is -1.82. The molecule has 0 spiro atoms. The van der Waals surface area contributed by atoms with E-state index in [9.17, 15) is 0 Å². The van der Waals surface area contributed by atoms with E-state index in [4.69, 9.17) is 0 Å². The molecule has 0 saturated heterocycles. The van der Waals surface area contributed by atoms with Crippen LogP contribution in [-0.2, 0) is 0 Å². The summed E-state index contributed by atoms with van der Waals surface area (Å²) >= 11 is 1.61. The number of nitrogens with one attached hydrogen (secondary N) is 1. The summed E-state index contributed by atoms with van der Waals surface area (Å²) in [6, 6.07) is 0. The average Bonchev–Trinajstić information content (AvgIpc) is 2.94. The first-order chi connectivity index (χ1) is 8.29. The Kier molecular flexibility index (Phi) is 2.36. The molecule has 0 radical (unpaired) electrons. The first-order valence-electron chi connectivity index (χ1n) is 5.17. The van der Waals surface area contributed by atoms with Crippen LogP contribution in [0.15, 0.2) is 29.8 Å². The zero-order valence-electron chi connectivity index (χ0n) is 9.51. The molecule has 0 aliphatic heterocycles. The van der Waals surface area contributed by atoms with Crippen LogP contribution in [0, 0.1) is 6.92 Å². The molecular weight excluding hydrogens is 234 g/mol. The van der Waals surface area contributed by atoms with Crippen molar-refractivity contribution >= 4 is 17.4 Å². The van der Waals surface area contributed by atoms with Gasteiger partial charge in [-0.25, -0.2) is 9.97 Å². The van der Waals surface area contributed by atoms with Crippen molar-refractivity contribution in [3.8, 4) is 11.3 Å². The number of imidazole rings is 1. The van der Waals surface area contributed by atoms with Gasteiger partial charge in [0.2, 0.25) is 0 Å². The minimum atomic E-state index is 0.888. The lowest BCUT2D eigenvalue weighted by molar-refractivity contribution is 0.988. The maximum atomic E-state index is 4.47. The Bertz CT molecular complexity index is 656. The van der Waals surface area contributed by atoms with Crippen molar-refractivity contribution in [2.75, 3.05) is 6.26 Å². The maximum Gasteiger partial charge on any atom is 0.170 e. The van der Waals surface area contributed by atoms with Gasteiger partial charge < -0.3 is 0 Å². The molecule has 0 unspecified atom stereocenters. The van der Waals surface area contributed by atoms with Gasteiger partial charge in [-0.1, -0.05) is 0 Å². The van der Waals surface area contributed by atoms with Crippen molar-refractivity contribution in [1.29, 1.82) is 0 Å². The van der Waals surface area contributed by atoms with Crippen LogP contribution in [0.5, 0.6) is 0 Å². The number of hydrogen-bond donors (Lipinski definition) is 1. The fourth-order valence-corrected chi connectivity index (χ4v) is 2.39. The largest absolute Gasteiger partial charge is 0.295 e. The van der Waals surface area contributed by atoms with Gasteiger partial charge in [0, 0.05) is 18.0 Å². The first kappa shape index (κ1) is 10.3. The predicted octanol–water partition coefficient (Wildman–Crippen LogP) is 2.15. The molecule has 3 aromatic rings. The van der Waals surface area contributed by atoms with E-state index in [1.165, 1.54) is 0 Å². The average molecular weight is 245 g/mol. The van der Waals surface area contributed by atoms with Crippen molar-refractivity contribution < 1.29 is 0 Å². The van der Waals surface area contributed by atoms with Gasteiger partial charge in [-0.3, -0.25) is 9.50 Å². The van der Waals surface area contributed by atoms with Crippen molar-refractivity contribution in [2.24, 2.45) is 0 Å². The van der Waals surface area contributed by atoms with Crippen LogP contribution >= 0.6 is 11.8 Å². The molecule has 0 saturated carbocycles. The molecule has 0 amide bonds. The number of aromatic nitrogens is 5. The first-order valence-corrected chi connectivity index (χ1v) is 6.40. The smallest absolute Gasteiger partial charge is 0.170 e. The van der Waals surface area contributed by atoms with Gasteiger partial charge in [-0.15, -0.1) is 11.8 Å². The molecule has 3 heterocycles. The van der Waals surface area contributed by atoms with E-state index >= 15 is 0 Å². The van der Waals surface area contributed by atoms with Gasteiger partial charge in [-0.2, -0.15) is 5.10 Å². The second-order valence-electron chi connectivity index (χ2n) is 3.72. The number of H-pyrrole nitrogens is 1. The van der Waals surface area contributed by atoms with E-state index in [0.29, 0.717) is 0 Å². The zero-order valence-corrected chi connectivity index (χ0v) is 10.3. The third kappa shape index (κ3) is 1.61. The molecular formula is C11H11N5S. The van der Waals surface area contributed by atoms with Gasteiger partial charge in [0.15, 0.2) is 5.65 Å². The molecule has 6 heteroatoms. The third-order valence-corrected chi connectivity index (χ3v) is 3.23. The summed E-state index contributed by atoms with van der Waals surface area (Å²) in [5, 5.41) is 7.72. The van der Waals surface area contributed by atoms with Crippen molar-refractivity contribution in [3.63, 3.8) is 0 Å². The highest BCUT2D eigenvalue weighted by Crippen LogP contribution is 2.24. The van der Waals surface area contributed by atoms with Crippen LogP contribution < -0.4 is 0 Å². The van der Waals surface area contributed by atoms with Gasteiger partial charge in [0.05, 0.1) is 23.8 Å². The monoisotopic (exact) mass is 245 g/mol. The number of thioether (sulfide) groups is 1. The molecule has 0 atom stereocenters. The maximum absolute atomic E-state index is 4.47. The molecule has 17 heavy (non-hydrogen) atoms. The van der Waals surface area contributed by atoms with Crippen LogP contribution in [0.2, 0.25) is 0 Å². The van der Waals surface area contributed by atoms with Crippen molar-refractivity contribution in [1.82, 2.24) is 24.6 Å². The van der Waals surface area contributed by atoms with E-state index in [1.807, 2.05) is 31.8 Å². The van der Waals surface area contributed by atoms with E-state index < -0.39 is 0 Å². The van der Waals surface area contributed by atoms with Gasteiger partial charge >= 0.3 is 0 Å². The molecule has 5 nitrogen and oxygen atoms in total. The molecule has 3 rings (SSSR count). The lowest BCUT2D eigenvalue weighted by atomic mass is 10.3. The second-order valence-corrected chi connectivity index (χ2v) is 4.51. The van der Waals surface area contributed by atoms with Crippen LogP contribution in [0.3, 0.4) is 0 Å². The predicted molar refractivity (Wildman–Crippen MR) is 67.1 cm³/mol. The van der Waals surface area contributed by atoms with Gasteiger partial charge in [0.1, 0.15) is 5.03 Å². The molecule has 0 aliphatic carbocycles. The highest BCUT2D eigenvalue weighted by atomic mass is 32.2. The summed E-state index contributed by atoms with van der Waals surface area (Å²) in [6.07, 6.45) is 9.50. The summed E-state index contributed by atoms with van der Waals surface area (Å²) < 4.78 is 2.05. The highest BCUT2D eigenvalue weighted by molar-refractivity contribution is 7.98. The van der Waals surface area contributed by atoms with Crippen LogP contribution in [0.25, 0.3) is 16.9 Å². The summed E-state index contributed by atoms with van der Waals surface area (Å²) in [5.41, 5.74) is 3.91. The summed E-state index contributed by atoms with van der Waals surface area (Å²) in [7, 11) is 0. The number of hydrogen-bond acceptors (Lipinski definition) is 4. The van der Waals surface area contributed by atoms with Crippen molar-refractivity contribution in [3.05, 3.63) is 30.5 Å². The van der Waals surface area contributed by atoms with Gasteiger partial charge in [-0.05, 0) is 13.2 Å². The van der Waals surface area contributed by atoms with E-state index in [-0.39, 0.29) is 0 Å². The standard InChI is InChI=1S/C11H11N5S/c1-7-6-16-9(8-3-13-14-4-8)5-12-10(16)11(15-7)17-2/h3-6H,1-2H3,(H,13,14). The Morgan fingerprint density at radius 1 is 1.35 bits per heavy atom. The van der Waals surface area contributed by atoms with Crippen molar-refractivity contribution in [2.45, 2.75) is 11.9 Å². The molecule has 86 valence electrons. The Morgan fingerprint density at radius 2 is 2.24 bits per heavy atom. The third-order valence-electron chi connectivity index (χ3n) is 2.57. The molecule has 0 fully saturated rings. The van der Waals surface area contributed by atoms with Crippen LogP contribution in [0.4, 0.5) is 0 Å². The molecule has 3 aromatic heterocycles. The number of rotatable bonds is 2. The normalized spacial score (nSPS) is 11.2. The summed E-state index contributed by atoms with van der Waals surface area (Å²) in [4.78, 5) is 8.90. The van der Waals surface area contributed by atoms with Crippen LogP contribution in [-0.4, -0.2) is 30.8 Å². The zero-order chi connectivity index (χ0) is 11.8. The Balaban J connectivity index is 2.32. The lowest BCUT2D eigenvalue weighted by Crippen LogP contribution is -1.95. The number of nitrogens with zero attached hydrogens (tertiary/aromatic N) is 4. The van der Waals surface area contributed by atoms with E-state index in [0.717, 1.165) is 27.6 Å². The quantitative estimate of drug-likeness (QED) is 0.703. The highest BCUT2D eigenvalue weighted by Gasteiger charge is 2.11. The minimum absolute atomic E-state index is 0.888. The summed E-state index contributed by atoms with van der Waals surface area (Å²) in [6.45, 7) is 1.98. The molecule has 1 N–H and O–H groups in total. The topological polar surface area (TPSA) is 58.9 Å². The SMILES string of the molecule is CSc1nc(C)cn2c(-c3cn[nH]c3)cnc12. The van der Waals surface area contributed by atoms with E-state index in [1.54, 1.807) is 18.0 Å². The molecule has 0 bridgehead atoms. The molecule has 0 aromatic carbocycles. The Labute approximate surface area is 102 Å². The van der Waals surface area contributed by atoms with E-state index in [2.05, 4.69) is 24.6 Å².